The highest BCUT2D eigenvalue weighted by Gasteiger charge is 2.17. The van der Waals surface area contributed by atoms with Crippen LogP contribution in [0.3, 0.4) is 0 Å². The zero-order valence-electron chi connectivity index (χ0n) is 15.8. The lowest BCUT2D eigenvalue weighted by Gasteiger charge is -2.36. The third-order valence-corrected chi connectivity index (χ3v) is 5.05. The molecule has 1 N–H and O–H groups in total. The van der Waals surface area contributed by atoms with E-state index in [0.717, 1.165) is 38.4 Å². The Morgan fingerprint density at radius 2 is 1.54 bits per heavy atom. The Bertz CT molecular complexity index is 889. The van der Waals surface area contributed by atoms with Crippen LogP contribution >= 0.6 is 0 Å². The molecule has 28 heavy (non-hydrogen) atoms. The minimum Gasteiger partial charge on any atom is -0.369 e. The molecule has 1 aliphatic heterocycles. The van der Waals surface area contributed by atoms with E-state index in [0.29, 0.717) is 5.56 Å². The van der Waals surface area contributed by atoms with E-state index in [2.05, 4.69) is 62.6 Å². The monoisotopic (exact) mass is 372 g/mol. The number of amides is 1. The van der Waals surface area contributed by atoms with Crippen LogP contribution in [0.2, 0.25) is 0 Å². The Morgan fingerprint density at radius 3 is 2.21 bits per heavy atom. The average Bonchev–Trinajstić information content (AvgIpc) is 2.76. The van der Waals surface area contributed by atoms with E-state index in [1.54, 1.807) is 24.5 Å². The lowest BCUT2D eigenvalue weighted by Crippen LogP contribution is -2.45. The molecule has 0 spiro atoms. The largest absolute Gasteiger partial charge is 0.369 e. The van der Waals surface area contributed by atoms with Crippen LogP contribution in [0.4, 0.5) is 11.4 Å². The van der Waals surface area contributed by atoms with Crippen molar-refractivity contribution in [2.45, 2.75) is 6.54 Å². The molecule has 1 aromatic heterocycles. The van der Waals surface area contributed by atoms with Gasteiger partial charge in [-0.3, -0.25) is 14.7 Å². The van der Waals surface area contributed by atoms with Gasteiger partial charge in [-0.05, 0) is 42.0 Å². The van der Waals surface area contributed by atoms with Gasteiger partial charge in [0.05, 0.1) is 0 Å². The zero-order valence-corrected chi connectivity index (χ0v) is 15.8. The van der Waals surface area contributed by atoms with Crippen molar-refractivity contribution in [3.8, 4) is 0 Å². The summed E-state index contributed by atoms with van der Waals surface area (Å²) in [6.45, 7) is 5.13. The van der Waals surface area contributed by atoms with Crippen molar-refractivity contribution in [3.05, 3.63) is 90.3 Å². The number of pyridine rings is 1. The highest BCUT2D eigenvalue weighted by Crippen LogP contribution is 2.20. The Kier molecular flexibility index (Phi) is 5.64. The van der Waals surface area contributed by atoms with Gasteiger partial charge in [0, 0.05) is 62.1 Å². The Balaban J connectivity index is 1.30. The average molecular weight is 372 g/mol. The molecule has 0 bridgehead atoms. The lowest BCUT2D eigenvalue weighted by atomic mass is 10.2. The van der Waals surface area contributed by atoms with Gasteiger partial charge in [0.15, 0.2) is 0 Å². The minimum atomic E-state index is -0.121. The lowest BCUT2D eigenvalue weighted by molar-refractivity contribution is 0.102. The topological polar surface area (TPSA) is 48.5 Å². The molecule has 1 fully saturated rings. The second kappa shape index (κ2) is 8.67. The summed E-state index contributed by atoms with van der Waals surface area (Å²) in [5.41, 5.74) is 3.97. The van der Waals surface area contributed by atoms with Crippen LogP contribution in [0, 0.1) is 0 Å². The summed E-state index contributed by atoms with van der Waals surface area (Å²) < 4.78 is 0. The number of rotatable bonds is 5. The fraction of sp³-hybridized carbons (Fsp3) is 0.217. The fourth-order valence-electron chi connectivity index (χ4n) is 3.47. The van der Waals surface area contributed by atoms with Gasteiger partial charge in [-0.2, -0.15) is 0 Å². The van der Waals surface area contributed by atoms with Gasteiger partial charge in [-0.1, -0.05) is 30.3 Å². The van der Waals surface area contributed by atoms with Gasteiger partial charge in [0.1, 0.15) is 0 Å². The quantitative estimate of drug-likeness (QED) is 0.743. The highest BCUT2D eigenvalue weighted by atomic mass is 16.1. The number of hydrogen-bond acceptors (Lipinski definition) is 4. The normalized spacial score (nSPS) is 14.6. The molecular formula is C23H24N4O. The summed E-state index contributed by atoms with van der Waals surface area (Å²) in [6.07, 6.45) is 3.24. The first kappa shape index (κ1) is 18.2. The first-order valence-electron chi connectivity index (χ1n) is 9.60. The summed E-state index contributed by atoms with van der Waals surface area (Å²) >= 11 is 0. The number of carbonyl (C=O) groups is 1. The van der Waals surface area contributed by atoms with E-state index in [4.69, 9.17) is 0 Å². The summed E-state index contributed by atoms with van der Waals surface area (Å²) in [7, 11) is 0. The van der Waals surface area contributed by atoms with Crippen molar-refractivity contribution in [3.63, 3.8) is 0 Å². The molecule has 1 amide bonds. The van der Waals surface area contributed by atoms with E-state index in [9.17, 15) is 4.79 Å². The van der Waals surface area contributed by atoms with Crippen LogP contribution in [0.25, 0.3) is 0 Å². The summed E-state index contributed by atoms with van der Waals surface area (Å²) in [6, 6.07) is 22.1. The van der Waals surface area contributed by atoms with Crippen LogP contribution in [0.15, 0.2) is 79.1 Å². The molecule has 142 valence electrons. The predicted molar refractivity (Wildman–Crippen MR) is 113 cm³/mol. The molecule has 4 rings (SSSR count). The van der Waals surface area contributed by atoms with Crippen molar-refractivity contribution in [2.75, 3.05) is 36.4 Å². The van der Waals surface area contributed by atoms with Gasteiger partial charge in [0.25, 0.3) is 5.91 Å². The second-order valence-electron chi connectivity index (χ2n) is 6.99. The van der Waals surface area contributed by atoms with Crippen LogP contribution in [-0.4, -0.2) is 42.0 Å². The molecule has 5 heteroatoms. The third-order valence-electron chi connectivity index (χ3n) is 5.05. The minimum absolute atomic E-state index is 0.121. The summed E-state index contributed by atoms with van der Waals surface area (Å²) in [4.78, 5) is 21.1. The number of carbonyl (C=O) groups excluding carboxylic acids is 1. The maximum Gasteiger partial charge on any atom is 0.255 e. The van der Waals surface area contributed by atoms with E-state index >= 15 is 0 Å². The Hall–Kier alpha value is -3.18. The van der Waals surface area contributed by atoms with Crippen LogP contribution in [0.5, 0.6) is 0 Å². The van der Waals surface area contributed by atoms with Gasteiger partial charge < -0.3 is 10.2 Å². The van der Waals surface area contributed by atoms with Gasteiger partial charge in [-0.15, -0.1) is 0 Å². The van der Waals surface area contributed by atoms with E-state index in [-0.39, 0.29) is 5.91 Å². The summed E-state index contributed by atoms with van der Waals surface area (Å²) in [5, 5.41) is 2.93. The Morgan fingerprint density at radius 1 is 0.857 bits per heavy atom. The number of benzene rings is 2. The van der Waals surface area contributed by atoms with Gasteiger partial charge in [-0.25, -0.2) is 0 Å². The molecule has 2 aromatic carbocycles. The van der Waals surface area contributed by atoms with E-state index in [1.807, 2.05) is 12.1 Å². The van der Waals surface area contributed by atoms with Crippen LogP contribution in [-0.2, 0) is 6.54 Å². The molecule has 0 saturated carbocycles. The van der Waals surface area contributed by atoms with E-state index < -0.39 is 0 Å². The van der Waals surface area contributed by atoms with Crippen molar-refractivity contribution >= 4 is 17.3 Å². The SMILES string of the molecule is O=C(Nc1ccc(N2CCN(Cc3ccccc3)CC2)cc1)c1ccncc1. The predicted octanol–water partition coefficient (Wildman–Crippen LogP) is 3.66. The van der Waals surface area contributed by atoms with Gasteiger partial charge >= 0.3 is 0 Å². The second-order valence-corrected chi connectivity index (χ2v) is 6.99. The molecule has 3 aromatic rings. The van der Waals surface area contributed by atoms with Crippen LogP contribution in [0.1, 0.15) is 15.9 Å². The Labute approximate surface area is 165 Å². The fourth-order valence-corrected chi connectivity index (χ4v) is 3.47. The smallest absolute Gasteiger partial charge is 0.255 e. The first-order chi connectivity index (χ1) is 13.8. The maximum absolute atomic E-state index is 12.2. The summed E-state index contributed by atoms with van der Waals surface area (Å²) in [5.74, 6) is -0.121. The molecule has 1 saturated heterocycles. The van der Waals surface area contributed by atoms with Crippen molar-refractivity contribution in [1.29, 1.82) is 0 Å². The first-order valence-corrected chi connectivity index (χ1v) is 9.60. The maximum atomic E-state index is 12.2. The molecular weight excluding hydrogens is 348 g/mol. The number of nitrogens with zero attached hydrogens (tertiary/aromatic N) is 3. The molecule has 1 aliphatic rings. The standard InChI is InChI=1S/C23H24N4O/c28-23(20-10-12-24-13-11-20)25-21-6-8-22(9-7-21)27-16-14-26(15-17-27)18-19-4-2-1-3-5-19/h1-13H,14-18H2,(H,25,28). The highest BCUT2D eigenvalue weighted by molar-refractivity contribution is 6.04. The number of nitrogens with one attached hydrogen (secondary N) is 1. The molecule has 5 nitrogen and oxygen atoms in total. The molecule has 0 unspecified atom stereocenters. The number of piperazine rings is 1. The number of anilines is 2. The van der Waals surface area contributed by atoms with Crippen molar-refractivity contribution < 1.29 is 4.79 Å². The van der Waals surface area contributed by atoms with Crippen molar-refractivity contribution in [1.82, 2.24) is 9.88 Å². The zero-order chi connectivity index (χ0) is 19.2. The molecule has 2 heterocycles. The molecule has 0 aliphatic carbocycles. The number of aromatic nitrogens is 1. The van der Waals surface area contributed by atoms with Crippen LogP contribution < -0.4 is 10.2 Å². The number of hydrogen-bond donors (Lipinski definition) is 1. The van der Waals surface area contributed by atoms with Gasteiger partial charge in [0.2, 0.25) is 0 Å². The molecule has 0 radical (unpaired) electrons. The third kappa shape index (κ3) is 4.56. The molecule has 0 atom stereocenters. The van der Waals surface area contributed by atoms with E-state index in [1.165, 1.54) is 11.3 Å². The van der Waals surface area contributed by atoms with Crippen molar-refractivity contribution in [2.24, 2.45) is 0 Å².